The molecule has 2 aliphatic rings. The molecule has 4 nitrogen and oxygen atoms in total. The van der Waals surface area contributed by atoms with Gasteiger partial charge in [-0.25, -0.2) is 0 Å². The highest BCUT2D eigenvalue weighted by atomic mass is 16.5. The number of rotatable bonds is 3. The molecule has 24 heavy (non-hydrogen) atoms. The number of aryl methyl sites for hydroxylation is 1. The van der Waals surface area contributed by atoms with Crippen LogP contribution in [0, 0.1) is 30.1 Å². The van der Waals surface area contributed by atoms with Crippen LogP contribution in [0.15, 0.2) is 10.7 Å². The van der Waals surface area contributed by atoms with Crippen LogP contribution in [0.4, 0.5) is 0 Å². The molecule has 0 aliphatic heterocycles. The number of carbonyl (C=O) groups is 1. The summed E-state index contributed by atoms with van der Waals surface area (Å²) in [7, 11) is 0. The van der Waals surface area contributed by atoms with Crippen molar-refractivity contribution in [3.05, 3.63) is 23.2 Å². The fraction of sp³-hybridized carbons (Fsp3) is 0.750. The smallest absolute Gasteiger partial charge is 0.309 e. The van der Waals surface area contributed by atoms with Crippen LogP contribution in [0.1, 0.15) is 69.9 Å². The Hall–Kier alpha value is -1.29. The third-order valence-electron chi connectivity index (χ3n) is 6.86. The number of hydrogen-bond acceptors (Lipinski definition) is 4. The van der Waals surface area contributed by atoms with Crippen molar-refractivity contribution in [2.24, 2.45) is 23.2 Å². The number of hydrogen-bond donors (Lipinski definition) is 1. The standard InChI is InChI=1S/C20H30O4/c1-6-11(2)19(22)24-18-17-12(3)10-23-16(17)9-14-7-8-15(21)13(4)20(14,18)5/h10-11,13-15,18,21H,6-9H2,1-5H3/t11?,13-,14+,15-,18+,20+/m0/s1. The first-order chi connectivity index (χ1) is 11.3. The minimum absolute atomic E-state index is 0.0773. The highest BCUT2D eigenvalue weighted by Gasteiger charge is 2.56. The molecule has 0 aromatic carbocycles. The predicted molar refractivity (Wildman–Crippen MR) is 91.4 cm³/mol. The molecule has 1 saturated carbocycles. The highest BCUT2D eigenvalue weighted by Crippen LogP contribution is 2.59. The molecule has 1 aromatic rings. The molecule has 2 aliphatic carbocycles. The Morgan fingerprint density at radius 3 is 2.88 bits per heavy atom. The quantitative estimate of drug-likeness (QED) is 0.842. The lowest BCUT2D eigenvalue weighted by atomic mass is 9.53. The second-order valence-electron chi connectivity index (χ2n) is 8.08. The van der Waals surface area contributed by atoms with Gasteiger partial charge in [-0.15, -0.1) is 0 Å². The van der Waals surface area contributed by atoms with Gasteiger partial charge in [-0.3, -0.25) is 4.79 Å². The fourth-order valence-corrected chi connectivity index (χ4v) is 4.63. The van der Waals surface area contributed by atoms with E-state index in [0.29, 0.717) is 5.92 Å². The average Bonchev–Trinajstić information content (AvgIpc) is 2.93. The Bertz CT molecular complexity index is 619. The average molecular weight is 334 g/mol. The molecule has 0 bridgehead atoms. The zero-order valence-electron chi connectivity index (χ0n) is 15.5. The Kier molecular flexibility index (Phi) is 4.54. The van der Waals surface area contributed by atoms with E-state index >= 15 is 0 Å². The number of aliphatic hydroxyl groups is 1. The Balaban J connectivity index is 2.05. The molecule has 1 heterocycles. The minimum atomic E-state index is -0.343. The Morgan fingerprint density at radius 1 is 1.50 bits per heavy atom. The third-order valence-corrected chi connectivity index (χ3v) is 6.86. The Labute approximate surface area is 144 Å². The molecule has 1 N–H and O–H groups in total. The summed E-state index contributed by atoms with van der Waals surface area (Å²) in [5.74, 6) is 1.13. The highest BCUT2D eigenvalue weighted by molar-refractivity contribution is 5.72. The van der Waals surface area contributed by atoms with Gasteiger partial charge in [0.25, 0.3) is 0 Å². The van der Waals surface area contributed by atoms with Gasteiger partial charge in [0.05, 0.1) is 18.3 Å². The van der Waals surface area contributed by atoms with Crippen LogP contribution < -0.4 is 0 Å². The number of fused-ring (bicyclic) bond motifs is 2. The van der Waals surface area contributed by atoms with Crippen LogP contribution in [0.5, 0.6) is 0 Å². The molecule has 4 heteroatoms. The predicted octanol–water partition coefficient (Wildman–Crippen LogP) is 4.19. The van der Waals surface area contributed by atoms with Gasteiger partial charge in [0.1, 0.15) is 11.9 Å². The molecular weight excluding hydrogens is 304 g/mol. The van der Waals surface area contributed by atoms with E-state index in [1.165, 1.54) is 0 Å². The van der Waals surface area contributed by atoms with E-state index in [1.54, 1.807) is 6.26 Å². The van der Waals surface area contributed by atoms with E-state index < -0.39 is 0 Å². The van der Waals surface area contributed by atoms with Crippen molar-refractivity contribution in [1.82, 2.24) is 0 Å². The van der Waals surface area contributed by atoms with Gasteiger partial charge in [0.15, 0.2) is 0 Å². The van der Waals surface area contributed by atoms with E-state index in [1.807, 2.05) is 20.8 Å². The van der Waals surface area contributed by atoms with Crippen LogP contribution in [0.2, 0.25) is 0 Å². The van der Waals surface area contributed by atoms with Gasteiger partial charge < -0.3 is 14.3 Å². The summed E-state index contributed by atoms with van der Waals surface area (Å²) in [5.41, 5.74) is 1.81. The van der Waals surface area contributed by atoms with Crippen molar-refractivity contribution in [2.45, 2.75) is 72.5 Å². The number of carbonyl (C=O) groups excluding carboxylic acids is 1. The number of aliphatic hydroxyl groups excluding tert-OH is 1. The monoisotopic (exact) mass is 334 g/mol. The van der Waals surface area contributed by atoms with Gasteiger partial charge in [-0.2, -0.15) is 0 Å². The fourth-order valence-electron chi connectivity index (χ4n) is 4.63. The summed E-state index contributed by atoms with van der Waals surface area (Å²) < 4.78 is 11.9. The first-order valence-corrected chi connectivity index (χ1v) is 9.26. The third kappa shape index (κ3) is 2.50. The maximum Gasteiger partial charge on any atom is 0.309 e. The molecule has 0 spiro atoms. The summed E-state index contributed by atoms with van der Waals surface area (Å²) in [5, 5.41) is 10.5. The Morgan fingerprint density at radius 2 is 2.21 bits per heavy atom. The lowest BCUT2D eigenvalue weighted by Crippen LogP contribution is -2.52. The zero-order chi connectivity index (χ0) is 17.6. The van der Waals surface area contributed by atoms with Crippen LogP contribution in [-0.4, -0.2) is 17.2 Å². The van der Waals surface area contributed by atoms with E-state index in [4.69, 9.17) is 9.15 Å². The maximum atomic E-state index is 12.6. The molecule has 134 valence electrons. The molecular formula is C20H30O4. The minimum Gasteiger partial charge on any atom is -0.469 e. The van der Waals surface area contributed by atoms with Crippen LogP contribution in [0.25, 0.3) is 0 Å². The zero-order valence-corrected chi connectivity index (χ0v) is 15.5. The molecule has 1 fully saturated rings. The summed E-state index contributed by atoms with van der Waals surface area (Å²) in [4.78, 5) is 12.6. The first-order valence-electron chi connectivity index (χ1n) is 9.26. The summed E-state index contributed by atoms with van der Waals surface area (Å²) in [6.07, 6.45) is 4.48. The van der Waals surface area contributed by atoms with Crippen molar-refractivity contribution in [3.8, 4) is 0 Å². The topological polar surface area (TPSA) is 59.7 Å². The van der Waals surface area contributed by atoms with Crippen molar-refractivity contribution in [3.63, 3.8) is 0 Å². The molecule has 1 unspecified atom stereocenters. The van der Waals surface area contributed by atoms with Gasteiger partial charge in [-0.05, 0) is 43.6 Å². The lowest BCUT2D eigenvalue weighted by Gasteiger charge is -2.54. The molecule has 3 rings (SSSR count). The summed E-state index contributed by atoms with van der Waals surface area (Å²) >= 11 is 0. The lowest BCUT2D eigenvalue weighted by molar-refractivity contribution is -0.181. The SMILES string of the molecule is CCC(C)C(=O)O[C@@H]1c2c(C)coc2C[C@H]2CC[C@H](O)[C@H](C)[C@]21C. The molecule has 1 aromatic heterocycles. The van der Waals surface area contributed by atoms with Gasteiger partial charge in [0, 0.05) is 17.4 Å². The van der Waals surface area contributed by atoms with E-state index in [-0.39, 0.29) is 35.4 Å². The van der Waals surface area contributed by atoms with Crippen molar-refractivity contribution in [1.29, 1.82) is 0 Å². The second kappa shape index (κ2) is 6.21. The molecule has 6 atom stereocenters. The maximum absolute atomic E-state index is 12.6. The van der Waals surface area contributed by atoms with Gasteiger partial charge >= 0.3 is 5.97 Å². The summed E-state index contributed by atoms with van der Waals surface area (Å²) in [6.45, 7) is 10.2. The van der Waals surface area contributed by atoms with Crippen LogP contribution >= 0.6 is 0 Å². The van der Waals surface area contributed by atoms with Crippen molar-refractivity contribution < 1.29 is 19.1 Å². The normalized spacial score (nSPS) is 36.6. The number of esters is 1. The number of furan rings is 1. The number of ether oxygens (including phenoxy) is 1. The molecule has 0 radical (unpaired) electrons. The van der Waals surface area contributed by atoms with E-state index in [0.717, 1.165) is 42.6 Å². The molecule has 0 saturated heterocycles. The van der Waals surface area contributed by atoms with Crippen molar-refractivity contribution in [2.75, 3.05) is 0 Å². The van der Waals surface area contributed by atoms with E-state index in [2.05, 4.69) is 13.8 Å². The largest absolute Gasteiger partial charge is 0.469 e. The van der Waals surface area contributed by atoms with E-state index in [9.17, 15) is 9.90 Å². The first kappa shape index (κ1) is 17.5. The van der Waals surface area contributed by atoms with Crippen molar-refractivity contribution >= 4 is 5.97 Å². The summed E-state index contributed by atoms with van der Waals surface area (Å²) in [6, 6.07) is 0. The van der Waals surface area contributed by atoms with Gasteiger partial charge in [-0.1, -0.05) is 27.7 Å². The van der Waals surface area contributed by atoms with Crippen LogP contribution in [-0.2, 0) is 16.0 Å². The van der Waals surface area contributed by atoms with Gasteiger partial charge in [0.2, 0.25) is 0 Å². The molecule has 0 amide bonds. The van der Waals surface area contributed by atoms with Crippen LogP contribution in [0.3, 0.4) is 0 Å². The second-order valence-corrected chi connectivity index (χ2v) is 8.08.